The average Bonchev–Trinajstić information content (AvgIpc) is 2.42. The number of Topliss-reactive ketones (excluding diaryl/α,β-unsaturated/α-hetero) is 1. The van der Waals surface area contributed by atoms with Gasteiger partial charge in [-0.25, -0.2) is 4.79 Å². The van der Waals surface area contributed by atoms with Crippen LogP contribution in [0.3, 0.4) is 0 Å². The van der Waals surface area contributed by atoms with E-state index in [-0.39, 0.29) is 17.9 Å². The van der Waals surface area contributed by atoms with Crippen molar-refractivity contribution < 1.29 is 14.3 Å². The topological polar surface area (TPSA) is 46.6 Å². The molecule has 0 radical (unpaired) electrons. The van der Waals surface area contributed by atoms with Gasteiger partial charge in [0.15, 0.2) is 5.78 Å². The summed E-state index contributed by atoms with van der Waals surface area (Å²) in [6.45, 7) is 11.4. The molecule has 0 aliphatic carbocycles. The number of nitrogens with zero attached hydrogens (tertiary/aromatic N) is 1. The maximum atomic E-state index is 12.4. The van der Waals surface area contributed by atoms with Crippen molar-refractivity contribution in [1.82, 2.24) is 4.90 Å². The van der Waals surface area contributed by atoms with E-state index in [1.165, 1.54) is 0 Å². The summed E-state index contributed by atoms with van der Waals surface area (Å²) >= 11 is 0. The number of rotatable bonds is 5. The minimum Gasteiger partial charge on any atom is -0.444 e. The third kappa shape index (κ3) is 6.05. The number of hydrogen-bond donors (Lipinski definition) is 0. The molecular formula is C19H29NO3. The van der Waals surface area contributed by atoms with Crippen molar-refractivity contribution in [3.63, 3.8) is 0 Å². The van der Waals surface area contributed by atoms with Crippen LogP contribution in [0.2, 0.25) is 0 Å². The van der Waals surface area contributed by atoms with Crippen LogP contribution < -0.4 is 0 Å². The second-order valence-corrected chi connectivity index (χ2v) is 7.41. The zero-order chi connectivity index (χ0) is 17.8. The number of amides is 1. The van der Waals surface area contributed by atoms with E-state index in [4.69, 9.17) is 4.74 Å². The van der Waals surface area contributed by atoms with Crippen molar-refractivity contribution in [3.8, 4) is 0 Å². The van der Waals surface area contributed by atoms with Gasteiger partial charge in [-0.3, -0.25) is 4.79 Å². The normalized spacial score (nSPS) is 12.9. The molecule has 128 valence electrons. The Morgan fingerprint density at radius 1 is 1.13 bits per heavy atom. The first-order valence-electron chi connectivity index (χ1n) is 8.08. The van der Waals surface area contributed by atoms with E-state index in [9.17, 15) is 9.59 Å². The number of hydrogen-bond acceptors (Lipinski definition) is 3. The van der Waals surface area contributed by atoms with Crippen LogP contribution in [0.4, 0.5) is 4.79 Å². The second kappa shape index (κ2) is 7.62. The molecule has 1 unspecified atom stereocenters. The lowest BCUT2D eigenvalue weighted by Gasteiger charge is -2.32. The van der Waals surface area contributed by atoms with Gasteiger partial charge in [-0.15, -0.1) is 0 Å². The monoisotopic (exact) mass is 319 g/mol. The van der Waals surface area contributed by atoms with Gasteiger partial charge in [0.25, 0.3) is 0 Å². The van der Waals surface area contributed by atoms with E-state index < -0.39 is 5.60 Å². The standard InChI is InChI=1S/C19H29NO3/c1-13(2)12-17(20(7)18(22)23-19(4,5)6)16-10-8-15(9-11-16)14(3)21/h8-11,13,17H,12H2,1-7H3. The van der Waals surface area contributed by atoms with Gasteiger partial charge in [0.1, 0.15) is 5.60 Å². The highest BCUT2D eigenvalue weighted by Gasteiger charge is 2.27. The molecule has 0 N–H and O–H groups in total. The molecule has 4 heteroatoms. The molecule has 1 amide bonds. The number of carbonyl (C=O) groups is 2. The molecule has 0 aromatic heterocycles. The van der Waals surface area contributed by atoms with E-state index in [0.717, 1.165) is 12.0 Å². The van der Waals surface area contributed by atoms with E-state index in [0.29, 0.717) is 11.5 Å². The lowest BCUT2D eigenvalue weighted by molar-refractivity contribution is 0.0201. The van der Waals surface area contributed by atoms with Crippen LogP contribution in [0.15, 0.2) is 24.3 Å². The lowest BCUT2D eigenvalue weighted by Crippen LogP contribution is -2.37. The second-order valence-electron chi connectivity index (χ2n) is 7.41. The van der Waals surface area contributed by atoms with Gasteiger partial charge >= 0.3 is 6.09 Å². The molecule has 1 aromatic carbocycles. The van der Waals surface area contributed by atoms with Crippen LogP contribution in [0, 0.1) is 5.92 Å². The predicted octanol–water partition coefficient (Wildman–Crippen LogP) is 4.84. The maximum Gasteiger partial charge on any atom is 0.410 e. The van der Waals surface area contributed by atoms with Gasteiger partial charge < -0.3 is 9.64 Å². The Labute approximate surface area is 139 Å². The van der Waals surface area contributed by atoms with Crippen molar-refractivity contribution in [1.29, 1.82) is 0 Å². The van der Waals surface area contributed by atoms with Gasteiger partial charge in [0, 0.05) is 12.6 Å². The minimum atomic E-state index is -0.522. The number of benzene rings is 1. The summed E-state index contributed by atoms with van der Waals surface area (Å²) in [7, 11) is 1.76. The van der Waals surface area contributed by atoms with Gasteiger partial charge in [0.05, 0.1) is 6.04 Å². The van der Waals surface area contributed by atoms with Gasteiger partial charge in [-0.05, 0) is 45.6 Å². The Hall–Kier alpha value is -1.84. The van der Waals surface area contributed by atoms with Crippen molar-refractivity contribution in [2.45, 2.75) is 59.6 Å². The zero-order valence-electron chi connectivity index (χ0n) is 15.3. The highest BCUT2D eigenvalue weighted by molar-refractivity contribution is 5.94. The summed E-state index contributed by atoms with van der Waals surface area (Å²) in [5.74, 6) is 0.467. The van der Waals surface area contributed by atoms with E-state index >= 15 is 0 Å². The Bertz CT molecular complexity index is 541. The maximum absolute atomic E-state index is 12.4. The van der Waals surface area contributed by atoms with E-state index in [2.05, 4.69) is 13.8 Å². The van der Waals surface area contributed by atoms with Gasteiger partial charge in [-0.1, -0.05) is 38.1 Å². The largest absolute Gasteiger partial charge is 0.444 e. The summed E-state index contributed by atoms with van der Waals surface area (Å²) in [6.07, 6.45) is 0.494. The van der Waals surface area contributed by atoms with Crippen molar-refractivity contribution in [2.75, 3.05) is 7.05 Å². The summed E-state index contributed by atoms with van der Waals surface area (Å²) in [5, 5.41) is 0. The number of carbonyl (C=O) groups excluding carboxylic acids is 2. The fourth-order valence-electron chi connectivity index (χ4n) is 2.37. The molecule has 23 heavy (non-hydrogen) atoms. The van der Waals surface area contributed by atoms with E-state index in [1.807, 2.05) is 45.0 Å². The summed E-state index contributed by atoms with van der Waals surface area (Å²) in [5.41, 5.74) is 1.17. The molecular weight excluding hydrogens is 290 g/mol. The molecule has 1 aromatic rings. The molecule has 1 atom stereocenters. The quantitative estimate of drug-likeness (QED) is 0.729. The van der Waals surface area contributed by atoms with Crippen LogP contribution >= 0.6 is 0 Å². The van der Waals surface area contributed by atoms with Crippen molar-refractivity contribution >= 4 is 11.9 Å². The van der Waals surface area contributed by atoms with Gasteiger partial charge in [-0.2, -0.15) is 0 Å². The van der Waals surface area contributed by atoms with Crippen LogP contribution in [-0.4, -0.2) is 29.4 Å². The molecule has 0 aliphatic heterocycles. The van der Waals surface area contributed by atoms with Crippen LogP contribution in [0.5, 0.6) is 0 Å². The average molecular weight is 319 g/mol. The number of ketones is 1. The minimum absolute atomic E-state index is 0.0393. The van der Waals surface area contributed by atoms with Crippen LogP contribution in [0.1, 0.15) is 69.9 Å². The van der Waals surface area contributed by atoms with E-state index in [1.54, 1.807) is 18.9 Å². The smallest absolute Gasteiger partial charge is 0.410 e. The summed E-state index contributed by atoms with van der Waals surface area (Å²) in [4.78, 5) is 25.4. The molecule has 1 rings (SSSR count). The van der Waals surface area contributed by atoms with Crippen LogP contribution in [-0.2, 0) is 4.74 Å². The highest BCUT2D eigenvalue weighted by Crippen LogP contribution is 2.28. The van der Waals surface area contributed by atoms with Gasteiger partial charge in [0.2, 0.25) is 0 Å². The Morgan fingerprint density at radius 2 is 1.65 bits per heavy atom. The highest BCUT2D eigenvalue weighted by atomic mass is 16.6. The first-order valence-corrected chi connectivity index (χ1v) is 8.08. The Morgan fingerprint density at radius 3 is 2.04 bits per heavy atom. The van der Waals surface area contributed by atoms with Crippen LogP contribution in [0.25, 0.3) is 0 Å². The number of ether oxygens (including phenoxy) is 1. The fraction of sp³-hybridized carbons (Fsp3) is 0.579. The summed E-state index contributed by atoms with van der Waals surface area (Å²) < 4.78 is 5.48. The first-order chi connectivity index (χ1) is 10.5. The first kappa shape index (κ1) is 19.2. The predicted molar refractivity (Wildman–Crippen MR) is 92.6 cm³/mol. The Balaban J connectivity index is 3.03. The Kier molecular flexibility index (Phi) is 6.37. The molecule has 4 nitrogen and oxygen atoms in total. The third-order valence-corrected chi connectivity index (χ3v) is 3.55. The third-order valence-electron chi connectivity index (χ3n) is 3.55. The SMILES string of the molecule is CC(=O)c1ccc(C(CC(C)C)N(C)C(=O)OC(C)(C)C)cc1. The van der Waals surface area contributed by atoms with Crippen molar-refractivity contribution in [3.05, 3.63) is 35.4 Å². The molecule has 0 bridgehead atoms. The molecule has 0 spiro atoms. The molecule has 0 saturated heterocycles. The molecule has 0 saturated carbocycles. The fourth-order valence-corrected chi connectivity index (χ4v) is 2.37. The lowest BCUT2D eigenvalue weighted by atomic mass is 9.95. The molecule has 0 aliphatic rings. The summed E-state index contributed by atoms with van der Waals surface area (Å²) in [6, 6.07) is 7.39. The van der Waals surface area contributed by atoms with Crippen molar-refractivity contribution in [2.24, 2.45) is 5.92 Å². The zero-order valence-corrected chi connectivity index (χ0v) is 15.3. The molecule has 0 heterocycles. The molecule has 0 fully saturated rings.